The summed E-state index contributed by atoms with van der Waals surface area (Å²) >= 11 is 5.86. The Kier molecular flexibility index (Phi) is 4.75. The van der Waals surface area contributed by atoms with Crippen LogP contribution in [-0.4, -0.2) is 24.2 Å². The number of carbonyl (C=O) groups excluding carboxylic acids is 1. The Labute approximate surface area is 120 Å². The number of hydrogen-bond donors (Lipinski definition) is 0. The van der Waals surface area contributed by atoms with Gasteiger partial charge in [0.25, 0.3) is 0 Å². The molecule has 1 aromatic rings. The first-order chi connectivity index (χ1) is 9.52. The Morgan fingerprint density at radius 1 is 1.60 bits per heavy atom. The SMILES string of the molecule is CCOC(=O)CC1CC1c1nccc(Cl)c1OC(F)F. The van der Waals surface area contributed by atoms with E-state index in [4.69, 9.17) is 16.3 Å². The molecule has 2 atom stereocenters. The number of hydrogen-bond acceptors (Lipinski definition) is 4. The summed E-state index contributed by atoms with van der Waals surface area (Å²) in [6.07, 6.45) is 2.38. The summed E-state index contributed by atoms with van der Waals surface area (Å²) in [4.78, 5) is 15.4. The van der Waals surface area contributed by atoms with Crippen molar-refractivity contribution in [1.29, 1.82) is 0 Å². The Hall–Kier alpha value is -1.43. The second-order valence-electron chi connectivity index (χ2n) is 4.50. The average molecular weight is 306 g/mol. The number of rotatable bonds is 6. The van der Waals surface area contributed by atoms with E-state index in [9.17, 15) is 13.6 Å². The molecule has 1 heterocycles. The molecule has 0 bridgehead atoms. The van der Waals surface area contributed by atoms with Gasteiger partial charge in [0.05, 0.1) is 17.3 Å². The molecule has 110 valence electrons. The molecule has 0 spiro atoms. The number of halogens is 3. The Balaban J connectivity index is 2.07. The fourth-order valence-electron chi connectivity index (χ4n) is 2.15. The van der Waals surface area contributed by atoms with Gasteiger partial charge >= 0.3 is 12.6 Å². The van der Waals surface area contributed by atoms with Gasteiger partial charge in [0.1, 0.15) is 0 Å². The zero-order valence-electron chi connectivity index (χ0n) is 10.8. The summed E-state index contributed by atoms with van der Waals surface area (Å²) in [6, 6.07) is 1.39. The number of ether oxygens (including phenoxy) is 2. The summed E-state index contributed by atoms with van der Waals surface area (Å²) in [6.45, 7) is -0.904. The lowest BCUT2D eigenvalue weighted by Gasteiger charge is -2.11. The third-order valence-corrected chi connectivity index (χ3v) is 3.40. The van der Waals surface area contributed by atoms with Gasteiger partial charge < -0.3 is 9.47 Å². The minimum absolute atomic E-state index is 0.0417. The van der Waals surface area contributed by atoms with Crippen molar-refractivity contribution in [2.45, 2.75) is 32.3 Å². The molecular formula is C13H14ClF2NO3. The summed E-state index contributed by atoms with van der Waals surface area (Å²) in [7, 11) is 0. The van der Waals surface area contributed by atoms with Crippen molar-refractivity contribution >= 4 is 17.6 Å². The molecule has 2 unspecified atom stereocenters. The highest BCUT2D eigenvalue weighted by Crippen LogP contribution is 2.52. The van der Waals surface area contributed by atoms with E-state index in [0.717, 1.165) is 0 Å². The van der Waals surface area contributed by atoms with Gasteiger partial charge in [0.15, 0.2) is 5.75 Å². The average Bonchev–Trinajstić information content (AvgIpc) is 3.10. The molecule has 7 heteroatoms. The molecule has 0 radical (unpaired) electrons. The van der Waals surface area contributed by atoms with Gasteiger partial charge in [0, 0.05) is 18.5 Å². The van der Waals surface area contributed by atoms with Gasteiger partial charge in [-0.25, -0.2) is 0 Å². The smallest absolute Gasteiger partial charge is 0.387 e. The highest BCUT2D eigenvalue weighted by atomic mass is 35.5. The normalized spacial score (nSPS) is 20.9. The quantitative estimate of drug-likeness (QED) is 0.756. The number of carbonyl (C=O) groups is 1. The largest absolute Gasteiger partial charge is 0.466 e. The maximum Gasteiger partial charge on any atom is 0.387 e. The van der Waals surface area contributed by atoms with Crippen molar-refractivity contribution in [3.05, 3.63) is 23.0 Å². The number of pyridine rings is 1. The summed E-state index contributed by atoms with van der Waals surface area (Å²) in [5, 5.41) is 0.0945. The van der Waals surface area contributed by atoms with Crippen LogP contribution >= 0.6 is 11.6 Å². The van der Waals surface area contributed by atoms with Gasteiger partial charge in [-0.1, -0.05) is 11.6 Å². The fourth-order valence-corrected chi connectivity index (χ4v) is 2.35. The van der Waals surface area contributed by atoms with E-state index in [1.54, 1.807) is 6.92 Å². The fraction of sp³-hybridized carbons (Fsp3) is 0.538. The van der Waals surface area contributed by atoms with Gasteiger partial charge in [-0.15, -0.1) is 0 Å². The van der Waals surface area contributed by atoms with Crippen LogP contribution in [0.5, 0.6) is 5.75 Å². The monoisotopic (exact) mass is 305 g/mol. The predicted molar refractivity (Wildman–Crippen MR) is 68.0 cm³/mol. The van der Waals surface area contributed by atoms with E-state index in [2.05, 4.69) is 9.72 Å². The van der Waals surface area contributed by atoms with Crippen LogP contribution < -0.4 is 4.74 Å². The Morgan fingerprint density at radius 2 is 2.35 bits per heavy atom. The van der Waals surface area contributed by atoms with Crippen molar-refractivity contribution in [3.8, 4) is 5.75 Å². The van der Waals surface area contributed by atoms with Crippen molar-refractivity contribution < 1.29 is 23.0 Å². The third kappa shape index (κ3) is 3.56. The topological polar surface area (TPSA) is 48.4 Å². The molecule has 1 aromatic heterocycles. The van der Waals surface area contributed by atoms with Crippen molar-refractivity contribution in [2.75, 3.05) is 6.61 Å². The second kappa shape index (κ2) is 6.35. The van der Waals surface area contributed by atoms with Crippen LogP contribution in [0, 0.1) is 5.92 Å². The van der Waals surface area contributed by atoms with Crippen LogP contribution in [0.15, 0.2) is 12.3 Å². The Morgan fingerprint density at radius 3 is 3.00 bits per heavy atom. The summed E-state index contributed by atoms with van der Waals surface area (Å²) in [5.41, 5.74) is 0.382. The number of aromatic nitrogens is 1. The first-order valence-corrected chi connectivity index (χ1v) is 6.65. The number of nitrogens with zero attached hydrogens (tertiary/aromatic N) is 1. The first kappa shape index (κ1) is 15.0. The van der Waals surface area contributed by atoms with E-state index in [-0.39, 0.29) is 35.0 Å². The summed E-state index contributed by atoms with van der Waals surface area (Å²) < 4.78 is 34.1. The molecular weight excluding hydrogens is 292 g/mol. The van der Waals surface area contributed by atoms with Crippen LogP contribution in [0.4, 0.5) is 8.78 Å². The minimum Gasteiger partial charge on any atom is -0.466 e. The van der Waals surface area contributed by atoms with E-state index < -0.39 is 6.61 Å². The van der Waals surface area contributed by atoms with Crippen molar-refractivity contribution in [1.82, 2.24) is 4.98 Å². The van der Waals surface area contributed by atoms with Gasteiger partial charge in [-0.2, -0.15) is 8.78 Å². The summed E-state index contributed by atoms with van der Waals surface area (Å²) in [5.74, 6) is -0.439. The molecule has 1 fully saturated rings. The molecule has 1 saturated carbocycles. The lowest BCUT2D eigenvalue weighted by molar-refractivity contribution is -0.143. The third-order valence-electron chi connectivity index (χ3n) is 3.10. The predicted octanol–water partition coefficient (Wildman–Crippen LogP) is 3.39. The van der Waals surface area contributed by atoms with E-state index in [0.29, 0.717) is 18.7 Å². The standard InChI is InChI=1S/C13H14ClF2NO3/c1-2-19-10(18)6-7-5-8(7)11-12(20-13(15)16)9(14)3-4-17-11/h3-4,7-8,13H,2,5-6H2,1H3. The molecule has 0 amide bonds. The molecule has 0 N–H and O–H groups in total. The van der Waals surface area contributed by atoms with E-state index in [1.165, 1.54) is 12.3 Å². The van der Waals surface area contributed by atoms with Crippen LogP contribution in [0.1, 0.15) is 31.4 Å². The van der Waals surface area contributed by atoms with Crippen LogP contribution in [0.3, 0.4) is 0 Å². The minimum atomic E-state index is -2.96. The molecule has 20 heavy (non-hydrogen) atoms. The molecule has 0 aliphatic heterocycles. The van der Waals surface area contributed by atoms with E-state index in [1.807, 2.05) is 0 Å². The molecule has 4 nitrogen and oxygen atoms in total. The van der Waals surface area contributed by atoms with Crippen molar-refractivity contribution in [3.63, 3.8) is 0 Å². The lowest BCUT2D eigenvalue weighted by atomic mass is 10.1. The lowest BCUT2D eigenvalue weighted by Crippen LogP contribution is -2.07. The molecule has 1 aliphatic carbocycles. The number of alkyl halides is 2. The zero-order valence-corrected chi connectivity index (χ0v) is 11.6. The molecule has 2 rings (SSSR count). The van der Waals surface area contributed by atoms with Crippen LogP contribution in [-0.2, 0) is 9.53 Å². The number of esters is 1. The van der Waals surface area contributed by atoms with Crippen LogP contribution in [0.2, 0.25) is 5.02 Å². The second-order valence-corrected chi connectivity index (χ2v) is 4.90. The molecule has 1 aliphatic rings. The van der Waals surface area contributed by atoms with Gasteiger partial charge in [-0.05, 0) is 25.3 Å². The molecule has 0 saturated heterocycles. The Bertz CT molecular complexity index is 499. The molecule has 0 aromatic carbocycles. The van der Waals surface area contributed by atoms with Crippen molar-refractivity contribution in [2.24, 2.45) is 5.92 Å². The maximum atomic E-state index is 12.4. The van der Waals surface area contributed by atoms with Crippen LogP contribution in [0.25, 0.3) is 0 Å². The first-order valence-electron chi connectivity index (χ1n) is 6.27. The highest BCUT2D eigenvalue weighted by Gasteiger charge is 2.43. The van der Waals surface area contributed by atoms with E-state index >= 15 is 0 Å². The van der Waals surface area contributed by atoms with Gasteiger partial charge in [0.2, 0.25) is 0 Å². The van der Waals surface area contributed by atoms with Gasteiger partial charge in [-0.3, -0.25) is 9.78 Å². The zero-order chi connectivity index (χ0) is 14.7. The highest BCUT2D eigenvalue weighted by molar-refractivity contribution is 6.32. The maximum absolute atomic E-state index is 12.4.